The van der Waals surface area contributed by atoms with Crippen LogP contribution in [0.1, 0.15) is 17.0 Å². The van der Waals surface area contributed by atoms with E-state index in [1.54, 1.807) is 30.8 Å². The molecule has 0 amide bonds. The molecule has 96 valence electrons. The van der Waals surface area contributed by atoms with Crippen LogP contribution in [0, 0.1) is 12.7 Å². The van der Waals surface area contributed by atoms with Crippen LogP contribution in [0.5, 0.6) is 0 Å². The third-order valence-electron chi connectivity index (χ3n) is 2.65. The SMILES string of the molecule is COCc1c(CCl)nnn1-c1ccc(C)c(F)c1. The Balaban J connectivity index is 2.49. The van der Waals surface area contributed by atoms with Gasteiger partial charge < -0.3 is 4.74 Å². The summed E-state index contributed by atoms with van der Waals surface area (Å²) in [5.74, 6) is -0.0358. The lowest BCUT2D eigenvalue weighted by atomic mass is 10.2. The molecule has 0 N–H and O–H groups in total. The molecule has 0 aliphatic carbocycles. The lowest BCUT2D eigenvalue weighted by molar-refractivity contribution is 0.178. The summed E-state index contributed by atoms with van der Waals surface area (Å²) in [6.45, 7) is 2.03. The summed E-state index contributed by atoms with van der Waals surface area (Å²) in [7, 11) is 1.57. The van der Waals surface area contributed by atoms with Crippen molar-refractivity contribution in [3.8, 4) is 5.69 Å². The Kier molecular flexibility index (Phi) is 3.93. The number of hydrogen-bond donors (Lipinski definition) is 0. The fourth-order valence-corrected chi connectivity index (χ4v) is 1.85. The van der Waals surface area contributed by atoms with Gasteiger partial charge >= 0.3 is 0 Å². The highest BCUT2D eigenvalue weighted by molar-refractivity contribution is 6.16. The van der Waals surface area contributed by atoms with Gasteiger partial charge in [-0.1, -0.05) is 11.3 Å². The molecule has 0 spiro atoms. The zero-order valence-electron chi connectivity index (χ0n) is 10.2. The first kappa shape index (κ1) is 13.0. The highest BCUT2D eigenvalue weighted by atomic mass is 35.5. The molecule has 1 aromatic carbocycles. The van der Waals surface area contributed by atoms with Gasteiger partial charge in [0.25, 0.3) is 0 Å². The van der Waals surface area contributed by atoms with Gasteiger partial charge in [-0.2, -0.15) is 0 Å². The molecule has 0 bridgehead atoms. The van der Waals surface area contributed by atoms with Gasteiger partial charge in [0.2, 0.25) is 0 Å². The maximum Gasteiger partial charge on any atom is 0.128 e. The van der Waals surface area contributed by atoms with Crippen molar-refractivity contribution >= 4 is 11.6 Å². The molecular weight excluding hydrogens is 257 g/mol. The Morgan fingerprint density at radius 1 is 1.44 bits per heavy atom. The fourth-order valence-electron chi connectivity index (χ4n) is 1.64. The second kappa shape index (κ2) is 5.46. The minimum absolute atomic E-state index is 0.243. The van der Waals surface area contributed by atoms with Crippen LogP contribution >= 0.6 is 11.6 Å². The van der Waals surface area contributed by atoms with E-state index in [-0.39, 0.29) is 11.7 Å². The smallest absolute Gasteiger partial charge is 0.128 e. The predicted octanol–water partition coefficient (Wildman–Crippen LogP) is 2.60. The highest BCUT2D eigenvalue weighted by Gasteiger charge is 2.14. The van der Waals surface area contributed by atoms with E-state index < -0.39 is 0 Å². The molecule has 18 heavy (non-hydrogen) atoms. The largest absolute Gasteiger partial charge is 0.378 e. The van der Waals surface area contributed by atoms with Crippen LogP contribution in [-0.2, 0) is 17.2 Å². The lowest BCUT2D eigenvalue weighted by Crippen LogP contribution is -2.05. The number of aromatic nitrogens is 3. The molecular formula is C12H13ClFN3O. The van der Waals surface area contributed by atoms with E-state index in [1.807, 2.05) is 0 Å². The van der Waals surface area contributed by atoms with Crippen LogP contribution in [-0.4, -0.2) is 22.1 Å². The number of rotatable bonds is 4. The van der Waals surface area contributed by atoms with Gasteiger partial charge in [0.1, 0.15) is 11.5 Å². The van der Waals surface area contributed by atoms with Crippen LogP contribution < -0.4 is 0 Å². The number of hydrogen-bond acceptors (Lipinski definition) is 3. The number of alkyl halides is 1. The van der Waals surface area contributed by atoms with Gasteiger partial charge in [-0.3, -0.25) is 0 Å². The average molecular weight is 270 g/mol. The Morgan fingerprint density at radius 3 is 2.83 bits per heavy atom. The molecule has 0 fully saturated rings. The van der Waals surface area contributed by atoms with E-state index in [4.69, 9.17) is 16.3 Å². The molecule has 0 saturated carbocycles. The van der Waals surface area contributed by atoms with Crippen LogP contribution in [0.25, 0.3) is 5.69 Å². The minimum atomic E-state index is -0.279. The fraction of sp³-hybridized carbons (Fsp3) is 0.333. The monoisotopic (exact) mass is 269 g/mol. The van der Waals surface area contributed by atoms with Crippen LogP contribution in [0.2, 0.25) is 0 Å². The van der Waals surface area contributed by atoms with Crippen molar-refractivity contribution < 1.29 is 9.13 Å². The first-order chi connectivity index (χ1) is 8.67. The number of aryl methyl sites for hydroxylation is 1. The number of halogens is 2. The van der Waals surface area contributed by atoms with Crippen molar-refractivity contribution in [3.63, 3.8) is 0 Å². The van der Waals surface area contributed by atoms with Gasteiger partial charge in [-0.05, 0) is 24.6 Å². The van der Waals surface area contributed by atoms with Crippen molar-refractivity contribution in [1.82, 2.24) is 15.0 Å². The zero-order valence-corrected chi connectivity index (χ0v) is 10.9. The number of ether oxygens (including phenoxy) is 1. The molecule has 1 aromatic heterocycles. The topological polar surface area (TPSA) is 39.9 Å². The third kappa shape index (κ3) is 2.37. The first-order valence-electron chi connectivity index (χ1n) is 5.42. The van der Waals surface area contributed by atoms with Gasteiger partial charge in [-0.25, -0.2) is 9.07 Å². The van der Waals surface area contributed by atoms with Gasteiger partial charge in [0, 0.05) is 7.11 Å². The third-order valence-corrected chi connectivity index (χ3v) is 2.90. The molecule has 0 saturated heterocycles. The predicted molar refractivity (Wildman–Crippen MR) is 66.3 cm³/mol. The Bertz CT molecular complexity index is 556. The Hall–Kier alpha value is -1.46. The van der Waals surface area contributed by atoms with E-state index in [9.17, 15) is 4.39 Å². The summed E-state index contributed by atoms with van der Waals surface area (Å²) >= 11 is 5.78. The number of methoxy groups -OCH3 is 1. The summed E-state index contributed by atoms with van der Waals surface area (Å²) in [5.41, 5.74) is 2.56. The normalized spacial score (nSPS) is 10.9. The maximum absolute atomic E-state index is 13.6. The van der Waals surface area contributed by atoms with Crippen LogP contribution in [0.15, 0.2) is 18.2 Å². The van der Waals surface area contributed by atoms with E-state index in [2.05, 4.69) is 10.3 Å². The van der Waals surface area contributed by atoms with Crippen molar-refractivity contribution in [1.29, 1.82) is 0 Å². The number of benzene rings is 1. The molecule has 0 radical (unpaired) electrons. The molecule has 1 heterocycles. The van der Waals surface area contributed by atoms with E-state index in [1.165, 1.54) is 6.07 Å². The van der Waals surface area contributed by atoms with Crippen molar-refractivity contribution in [2.75, 3.05) is 7.11 Å². The molecule has 2 aromatic rings. The molecule has 0 aliphatic rings. The molecule has 0 aliphatic heterocycles. The van der Waals surface area contributed by atoms with Gasteiger partial charge in [-0.15, -0.1) is 16.7 Å². The van der Waals surface area contributed by atoms with Crippen molar-refractivity contribution in [3.05, 3.63) is 41.0 Å². The second-order valence-electron chi connectivity index (χ2n) is 3.89. The van der Waals surface area contributed by atoms with Crippen molar-refractivity contribution in [2.45, 2.75) is 19.4 Å². The highest BCUT2D eigenvalue weighted by Crippen LogP contribution is 2.17. The molecule has 0 unspecified atom stereocenters. The number of nitrogens with zero attached hydrogens (tertiary/aromatic N) is 3. The van der Waals surface area contributed by atoms with Crippen LogP contribution in [0.4, 0.5) is 4.39 Å². The minimum Gasteiger partial charge on any atom is -0.378 e. The average Bonchev–Trinajstić information content (AvgIpc) is 2.76. The zero-order chi connectivity index (χ0) is 13.1. The van der Waals surface area contributed by atoms with Crippen LogP contribution in [0.3, 0.4) is 0 Å². The second-order valence-corrected chi connectivity index (χ2v) is 4.16. The summed E-state index contributed by atoms with van der Waals surface area (Å²) in [5, 5.41) is 7.94. The molecule has 4 nitrogen and oxygen atoms in total. The summed E-state index contributed by atoms with van der Waals surface area (Å²) in [6.07, 6.45) is 0. The summed E-state index contributed by atoms with van der Waals surface area (Å²) in [6, 6.07) is 4.90. The summed E-state index contributed by atoms with van der Waals surface area (Å²) < 4.78 is 20.2. The lowest BCUT2D eigenvalue weighted by Gasteiger charge is -2.07. The Morgan fingerprint density at radius 2 is 2.22 bits per heavy atom. The summed E-state index contributed by atoms with van der Waals surface area (Å²) in [4.78, 5) is 0. The van der Waals surface area contributed by atoms with Crippen molar-refractivity contribution in [2.24, 2.45) is 0 Å². The standard InChI is InChI=1S/C12H13ClFN3O/c1-8-3-4-9(5-10(8)14)17-12(7-18-2)11(6-13)15-16-17/h3-5H,6-7H2,1-2H3. The maximum atomic E-state index is 13.6. The Labute approximate surface area is 109 Å². The molecule has 0 atom stereocenters. The van der Waals surface area contributed by atoms with E-state index in [0.717, 1.165) is 5.69 Å². The first-order valence-corrected chi connectivity index (χ1v) is 5.95. The van der Waals surface area contributed by atoms with Gasteiger partial charge in [0.05, 0.1) is 23.9 Å². The molecule has 2 rings (SSSR count). The van der Waals surface area contributed by atoms with Gasteiger partial charge in [0.15, 0.2) is 0 Å². The van der Waals surface area contributed by atoms with E-state index in [0.29, 0.717) is 23.6 Å². The van der Waals surface area contributed by atoms with E-state index >= 15 is 0 Å². The quantitative estimate of drug-likeness (QED) is 0.801. The molecule has 6 heteroatoms.